The molecule has 0 N–H and O–H groups in total. The van der Waals surface area contributed by atoms with E-state index in [1.807, 2.05) is 24.3 Å². The van der Waals surface area contributed by atoms with Crippen molar-refractivity contribution in [1.29, 1.82) is 5.26 Å². The predicted molar refractivity (Wildman–Crippen MR) is 59.7 cm³/mol. The lowest BCUT2D eigenvalue weighted by Gasteiger charge is -2.09. The van der Waals surface area contributed by atoms with Gasteiger partial charge in [-0.15, -0.1) is 0 Å². The van der Waals surface area contributed by atoms with Crippen LogP contribution in [0.15, 0.2) is 29.8 Å². The molecule has 0 saturated carbocycles. The molecule has 1 rings (SSSR count). The van der Waals surface area contributed by atoms with Crippen LogP contribution in [0, 0.1) is 11.3 Å². The molecule has 0 aromatic heterocycles. The molecule has 0 amide bonds. The fourth-order valence-electron chi connectivity index (χ4n) is 1.66. The SMILES string of the molecule is CCC(=C(C)C)c1ccccc1C#N. The third-order valence-corrected chi connectivity index (χ3v) is 2.33. The van der Waals surface area contributed by atoms with Gasteiger partial charge >= 0.3 is 0 Å². The van der Waals surface area contributed by atoms with Gasteiger partial charge < -0.3 is 0 Å². The highest BCUT2D eigenvalue weighted by Gasteiger charge is 2.05. The zero-order chi connectivity index (χ0) is 10.6. The number of nitriles is 1. The van der Waals surface area contributed by atoms with Crippen molar-refractivity contribution in [3.8, 4) is 6.07 Å². The Labute approximate surface area is 85.7 Å². The van der Waals surface area contributed by atoms with Crippen LogP contribution in [0.2, 0.25) is 0 Å². The monoisotopic (exact) mass is 185 g/mol. The molecule has 0 fully saturated rings. The quantitative estimate of drug-likeness (QED) is 0.688. The summed E-state index contributed by atoms with van der Waals surface area (Å²) < 4.78 is 0. The molecule has 0 spiro atoms. The third kappa shape index (κ3) is 2.03. The minimum Gasteiger partial charge on any atom is -0.192 e. The Kier molecular flexibility index (Phi) is 3.48. The van der Waals surface area contributed by atoms with Crippen LogP contribution in [0.25, 0.3) is 5.57 Å². The van der Waals surface area contributed by atoms with Crippen molar-refractivity contribution in [2.24, 2.45) is 0 Å². The summed E-state index contributed by atoms with van der Waals surface area (Å²) in [4.78, 5) is 0. The van der Waals surface area contributed by atoms with E-state index in [2.05, 4.69) is 26.8 Å². The summed E-state index contributed by atoms with van der Waals surface area (Å²) in [5, 5.41) is 8.97. The topological polar surface area (TPSA) is 23.8 Å². The Morgan fingerprint density at radius 2 is 1.93 bits per heavy atom. The molecule has 0 aliphatic carbocycles. The van der Waals surface area contributed by atoms with Crippen molar-refractivity contribution in [2.45, 2.75) is 27.2 Å². The van der Waals surface area contributed by atoms with Gasteiger partial charge in [0.1, 0.15) is 0 Å². The van der Waals surface area contributed by atoms with Crippen LogP contribution in [0.1, 0.15) is 38.3 Å². The lowest BCUT2D eigenvalue weighted by Crippen LogP contribution is -1.90. The second-order valence-electron chi connectivity index (χ2n) is 3.49. The van der Waals surface area contributed by atoms with Crippen LogP contribution >= 0.6 is 0 Å². The first-order valence-electron chi connectivity index (χ1n) is 4.86. The lowest BCUT2D eigenvalue weighted by molar-refractivity contribution is 1.19. The Balaban J connectivity index is 3.32. The predicted octanol–water partition coefficient (Wildman–Crippen LogP) is 3.76. The van der Waals surface area contributed by atoms with E-state index in [-0.39, 0.29) is 0 Å². The Morgan fingerprint density at radius 3 is 2.43 bits per heavy atom. The minimum atomic E-state index is 0.769. The van der Waals surface area contributed by atoms with E-state index in [1.165, 1.54) is 11.1 Å². The van der Waals surface area contributed by atoms with Gasteiger partial charge in [0.25, 0.3) is 0 Å². The number of hydrogen-bond donors (Lipinski definition) is 0. The first kappa shape index (κ1) is 10.5. The smallest absolute Gasteiger partial charge is 0.0998 e. The van der Waals surface area contributed by atoms with Crippen LogP contribution < -0.4 is 0 Å². The zero-order valence-electron chi connectivity index (χ0n) is 8.96. The molecule has 0 saturated heterocycles. The van der Waals surface area contributed by atoms with Crippen LogP contribution in [0.4, 0.5) is 0 Å². The first-order chi connectivity index (χ1) is 6.70. The Hall–Kier alpha value is -1.55. The Bertz CT molecular complexity index is 390. The number of rotatable bonds is 2. The molecule has 0 bridgehead atoms. The molecule has 0 unspecified atom stereocenters. The molecular weight excluding hydrogens is 170 g/mol. The van der Waals surface area contributed by atoms with Crippen molar-refractivity contribution in [3.63, 3.8) is 0 Å². The lowest BCUT2D eigenvalue weighted by atomic mass is 9.95. The van der Waals surface area contributed by atoms with Gasteiger partial charge in [-0.05, 0) is 37.5 Å². The van der Waals surface area contributed by atoms with Crippen LogP contribution in [0.5, 0.6) is 0 Å². The number of nitrogens with zero attached hydrogens (tertiary/aromatic N) is 1. The first-order valence-corrected chi connectivity index (χ1v) is 4.86. The molecule has 0 radical (unpaired) electrons. The van der Waals surface area contributed by atoms with Crippen LogP contribution in [0.3, 0.4) is 0 Å². The van der Waals surface area contributed by atoms with Gasteiger partial charge in [0.05, 0.1) is 11.6 Å². The molecule has 0 heterocycles. The van der Waals surface area contributed by atoms with Crippen molar-refractivity contribution < 1.29 is 0 Å². The van der Waals surface area contributed by atoms with E-state index in [0.717, 1.165) is 17.5 Å². The summed E-state index contributed by atoms with van der Waals surface area (Å²) in [6.07, 6.45) is 0.973. The maximum Gasteiger partial charge on any atom is 0.0998 e. The summed E-state index contributed by atoms with van der Waals surface area (Å²) in [5.74, 6) is 0. The van der Waals surface area contributed by atoms with E-state index in [0.29, 0.717) is 0 Å². The third-order valence-electron chi connectivity index (χ3n) is 2.33. The van der Waals surface area contributed by atoms with Crippen molar-refractivity contribution in [3.05, 3.63) is 41.0 Å². The van der Waals surface area contributed by atoms with Gasteiger partial charge in [-0.3, -0.25) is 0 Å². The maximum absolute atomic E-state index is 8.97. The summed E-state index contributed by atoms with van der Waals surface area (Å²) >= 11 is 0. The van der Waals surface area contributed by atoms with E-state index in [1.54, 1.807) is 0 Å². The average molecular weight is 185 g/mol. The van der Waals surface area contributed by atoms with E-state index < -0.39 is 0 Å². The maximum atomic E-state index is 8.97. The summed E-state index contributed by atoms with van der Waals surface area (Å²) in [6.45, 7) is 6.30. The highest BCUT2D eigenvalue weighted by molar-refractivity contribution is 5.72. The van der Waals surface area contributed by atoms with Crippen molar-refractivity contribution in [2.75, 3.05) is 0 Å². The molecular formula is C13H15N. The average Bonchev–Trinajstić information content (AvgIpc) is 2.19. The van der Waals surface area contributed by atoms with Gasteiger partial charge in [0.15, 0.2) is 0 Å². The van der Waals surface area contributed by atoms with Crippen molar-refractivity contribution in [1.82, 2.24) is 0 Å². The van der Waals surface area contributed by atoms with Crippen molar-refractivity contribution >= 4 is 5.57 Å². The van der Waals surface area contributed by atoms with Gasteiger partial charge in [-0.1, -0.05) is 30.7 Å². The van der Waals surface area contributed by atoms with E-state index in [4.69, 9.17) is 5.26 Å². The van der Waals surface area contributed by atoms with E-state index >= 15 is 0 Å². The fourth-order valence-corrected chi connectivity index (χ4v) is 1.66. The second kappa shape index (κ2) is 4.62. The molecule has 0 aliphatic heterocycles. The minimum absolute atomic E-state index is 0.769. The van der Waals surface area contributed by atoms with Crippen LogP contribution in [-0.4, -0.2) is 0 Å². The summed E-state index contributed by atoms with van der Waals surface area (Å²) in [5.41, 5.74) is 4.42. The molecule has 72 valence electrons. The van der Waals surface area contributed by atoms with Crippen LogP contribution in [-0.2, 0) is 0 Å². The fraction of sp³-hybridized carbons (Fsp3) is 0.308. The molecule has 1 aromatic carbocycles. The number of allylic oxidation sites excluding steroid dienone is 2. The molecule has 1 nitrogen and oxygen atoms in total. The second-order valence-corrected chi connectivity index (χ2v) is 3.49. The standard InChI is InChI=1S/C13H15N/c1-4-12(10(2)3)13-8-6-5-7-11(13)9-14/h5-8H,4H2,1-3H3. The summed E-state index contributed by atoms with van der Waals surface area (Å²) in [6, 6.07) is 10.0. The van der Waals surface area contributed by atoms with Gasteiger partial charge in [-0.2, -0.15) is 5.26 Å². The molecule has 0 aliphatic rings. The van der Waals surface area contributed by atoms with Gasteiger partial charge in [0.2, 0.25) is 0 Å². The Morgan fingerprint density at radius 1 is 1.29 bits per heavy atom. The number of benzene rings is 1. The summed E-state index contributed by atoms with van der Waals surface area (Å²) in [7, 11) is 0. The highest BCUT2D eigenvalue weighted by Crippen LogP contribution is 2.24. The number of hydrogen-bond acceptors (Lipinski definition) is 1. The zero-order valence-corrected chi connectivity index (χ0v) is 8.96. The van der Waals surface area contributed by atoms with Gasteiger partial charge in [0, 0.05) is 0 Å². The largest absolute Gasteiger partial charge is 0.192 e. The highest BCUT2D eigenvalue weighted by atomic mass is 14.2. The molecule has 1 heteroatoms. The van der Waals surface area contributed by atoms with Gasteiger partial charge in [-0.25, -0.2) is 0 Å². The molecule has 0 atom stereocenters. The molecule has 1 aromatic rings. The normalized spacial score (nSPS) is 9.29. The van der Waals surface area contributed by atoms with E-state index in [9.17, 15) is 0 Å². The molecule has 14 heavy (non-hydrogen) atoms.